The van der Waals surface area contributed by atoms with Crippen LogP contribution in [0.5, 0.6) is 0 Å². The number of hydrogen-bond acceptors (Lipinski definition) is 0. The summed E-state index contributed by atoms with van der Waals surface area (Å²) >= 11 is 0. The van der Waals surface area contributed by atoms with Gasteiger partial charge in [-0.2, -0.15) is 0 Å². The molecule has 2 heteroatoms. The Morgan fingerprint density at radius 3 is 2.22 bits per heavy atom. The molecule has 0 amide bonds. The molecule has 0 spiro atoms. The summed E-state index contributed by atoms with van der Waals surface area (Å²) < 4.78 is 24.1. The first-order valence-corrected chi connectivity index (χ1v) is 5.79. The molecular weight excluding hydrogens is 230 g/mol. The van der Waals surface area contributed by atoms with Gasteiger partial charge in [-0.25, -0.2) is 8.78 Å². The van der Waals surface area contributed by atoms with Gasteiger partial charge in [0.15, 0.2) is 0 Å². The number of hydrogen-bond donors (Lipinski definition) is 0. The summed E-state index contributed by atoms with van der Waals surface area (Å²) in [7, 11) is 0. The minimum atomic E-state index is -2.40. The molecule has 0 unspecified atom stereocenters. The molecule has 92 valence electrons. The van der Waals surface area contributed by atoms with Gasteiger partial charge in [0, 0.05) is 0 Å². The van der Waals surface area contributed by atoms with Crippen LogP contribution in [0.1, 0.15) is 11.1 Å². The highest BCUT2D eigenvalue weighted by Gasteiger charge is 2.00. The first-order valence-electron chi connectivity index (χ1n) is 5.79. The van der Waals surface area contributed by atoms with Crippen LogP contribution < -0.4 is 0 Å². The highest BCUT2D eigenvalue weighted by Crippen LogP contribution is 2.23. The van der Waals surface area contributed by atoms with Crippen molar-refractivity contribution in [3.8, 4) is 11.1 Å². The fourth-order valence-corrected chi connectivity index (χ4v) is 1.85. The molecule has 0 atom stereocenters. The van der Waals surface area contributed by atoms with E-state index >= 15 is 0 Å². The maximum atomic E-state index is 12.0. The second-order valence-electron chi connectivity index (χ2n) is 4.13. The summed E-state index contributed by atoms with van der Waals surface area (Å²) in [6, 6.07) is 15.7. The van der Waals surface area contributed by atoms with Gasteiger partial charge in [0.05, 0.1) is 0 Å². The van der Waals surface area contributed by atoms with Crippen LogP contribution in [-0.2, 0) is 0 Å². The van der Waals surface area contributed by atoms with Gasteiger partial charge >= 0.3 is 0 Å². The minimum Gasteiger partial charge on any atom is -0.206 e. The fourth-order valence-electron chi connectivity index (χ4n) is 1.85. The molecule has 0 bridgehead atoms. The van der Waals surface area contributed by atoms with Crippen molar-refractivity contribution in [3.63, 3.8) is 0 Å². The van der Waals surface area contributed by atoms with Gasteiger partial charge in [0.25, 0.3) is 6.43 Å². The first kappa shape index (κ1) is 12.5. The third-order valence-corrected chi connectivity index (χ3v) is 2.80. The van der Waals surface area contributed by atoms with Gasteiger partial charge in [-0.1, -0.05) is 54.6 Å². The van der Waals surface area contributed by atoms with Crippen molar-refractivity contribution in [2.45, 2.75) is 13.3 Å². The number of halogens is 2. The summed E-state index contributed by atoms with van der Waals surface area (Å²) in [6.07, 6.45) is -0.0734. The molecule has 18 heavy (non-hydrogen) atoms. The van der Waals surface area contributed by atoms with Crippen LogP contribution in [-0.4, -0.2) is 6.43 Å². The Labute approximate surface area is 106 Å². The molecule has 0 radical (unpaired) electrons. The largest absolute Gasteiger partial charge is 0.257 e. The fraction of sp³-hybridized carbons (Fsp3) is 0.125. The molecule has 0 nitrogen and oxygen atoms in total. The number of rotatable bonds is 3. The van der Waals surface area contributed by atoms with E-state index in [1.165, 1.54) is 17.2 Å². The molecule has 2 aromatic rings. The number of aryl methyl sites for hydroxylation is 1. The van der Waals surface area contributed by atoms with Crippen molar-refractivity contribution in [2.24, 2.45) is 0 Å². The molecule has 0 N–H and O–H groups in total. The zero-order valence-electron chi connectivity index (χ0n) is 10.1. The van der Waals surface area contributed by atoms with E-state index < -0.39 is 6.43 Å². The predicted molar refractivity (Wildman–Crippen MR) is 71.7 cm³/mol. The van der Waals surface area contributed by atoms with Crippen LogP contribution in [0.25, 0.3) is 17.2 Å². The van der Waals surface area contributed by atoms with Crippen LogP contribution in [0.15, 0.2) is 54.6 Å². The van der Waals surface area contributed by atoms with E-state index in [-0.39, 0.29) is 0 Å². The molecule has 0 aromatic heterocycles. The standard InChI is InChI=1S/C16H14F2/c1-12-4-2-3-5-15(12)14-9-6-13(7-10-14)8-11-16(17)18/h2-11,16H,1H3/b11-8-. The van der Waals surface area contributed by atoms with E-state index in [0.717, 1.165) is 17.2 Å². The van der Waals surface area contributed by atoms with Crippen LogP contribution >= 0.6 is 0 Å². The van der Waals surface area contributed by atoms with Crippen LogP contribution in [0, 0.1) is 6.92 Å². The SMILES string of the molecule is Cc1ccccc1-c1ccc(/C=C\C(F)F)cc1. The average molecular weight is 244 g/mol. The molecule has 2 rings (SSSR count). The van der Waals surface area contributed by atoms with Crippen molar-refractivity contribution in [1.29, 1.82) is 0 Å². The summed E-state index contributed by atoms with van der Waals surface area (Å²) in [6.45, 7) is 2.06. The molecule has 0 heterocycles. The van der Waals surface area contributed by atoms with Gasteiger partial charge in [-0.3, -0.25) is 0 Å². The van der Waals surface area contributed by atoms with E-state index in [1.54, 1.807) is 0 Å². The third-order valence-electron chi connectivity index (χ3n) is 2.80. The quantitative estimate of drug-likeness (QED) is 0.717. The number of allylic oxidation sites excluding steroid dienone is 1. The molecular formula is C16H14F2. The van der Waals surface area contributed by atoms with E-state index in [1.807, 2.05) is 36.4 Å². The lowest BCUT2D eigenvalue weighted by Gasteiger charge is -2.05. The summed E-state index contributed by atoms with van der Waals surface area (Å²) in [5, 5.41) is 0. The second-order valence-corrected chi connectivity index (χ2v) is 4.13. The smallest absolute Gasteiger partial charge is 0.206 e. The lowest BCUT2D eigenvalue weighted by molar-refractivity contribution is 0.205. The lowest BCUT2D eigenvalue weighted by Crippen LogP contribution is -1.83. The van der Waals surface area contributed by atoms with E-state index in [9.17, 15) is 8.78 Å². The molecule has 0 aliphatic carbocycles. The highest BCUT2D eigenvalue weighted by atomic mass is 19.3. The predicted octanol–water partition coefficient (Wildman–Crippen LogP) is 4.94. The summed E-state index contributed by atoms with van der Waals surface area (Å²) in [5.74, 6) is 0. The van der Waals surface area contributed by atoms with Gasteiger partial charge in [-0.15, -0.1) is 0 Å². The average Bonchev–Trinajstić information content (AvgIpc) is 2.38. The first-order chi connectivity index (χ1) is 8.66. The Bertz CT molecular complexity index is 539. The Kier molecular flexibility index (Phi) is 3.88. The van der Waals surface area contributed by atoms with Crippen LogP contribution in [0.3, 0.4) is 0 Å². The van der Waals surface area contributed by atoms with Crippen LogP contribution in [0.2, 0.25) is 0 Å². The van der Waals surface area contributed by atoms with E-state index in [0.29, 0.717) is 0 Å². The Hall–Kier alpha value is -1.96. The zero-order chi connectivity index (χ0) is 13.0. The van der Waals surface area contributed by atoms with Crippen molar-refractivity contribution in [3.05, 3.63) is 65.7 Å². The van der Waals surface area contributed by atoms with Crippen molar-refractivity contribution in [1.82, 2.24) is 0 Å². The Morgan fingerprint density at radius 1 is 0.944 bits per heavy atom. The zero-order valence-corrected chi connectivity index (χ0v) is 10.1. The molecule has 0 fully saturated rings. The van der Waals surface area contributed by atoms with Crippen molar-refractivity contribution in [2.75, 3.05) is 0 Å². The van der Waals surface area contributed by atoms with Gasteiger partial charge in [-0.05, 0) is 35.3 Å². The summed E-state index contributed by atoms with van der Waals surface area (Å²) in [4.78, 5) is 0. The number of alkyl halides is 2. The van der Waals surface area contributed by atoms with Gasteiger partial charge < -0.3 is 0 Å². The minimum absolute atomic E-state index is 0.785. The van der Waals surface area contributed by atoms with E-state index in [2.05, 4.69) is 19.1 Å². The second kappa shape index (κ2) is 5.58. The maximum Gasteiger partial charge on any atom is 0.257 e. The molecule has 0 aliphatic heterocycles. The monoisotopic (exact) mass is 244 g/mol. The van der Waals surface area contributed by atoms with Gasteiger partial charge in [0.2, 0.25) is 0 Å². The van der Waals surface area contributed by atoms with Gasteiger partial charge in [0.1, 0.15) is 0 Å². The third kappa shape index (κ3) is 3.04. The molecule has 0 saturated carbocycles. The van der Waals surface area contributed by atoms with Crippen molar-refractivity contribution >= 4 is 6.08 Å². The highest BCUT2D eigenvalue weighted by molar-refractivity contribution is 5.68. The molecule has 2 aromatic carbocycles. The van der Waals surface area contributed by atoms with E-state index in [4.69, 9.17) is 0 Å². The van der Waals surface area contributed by atoms with Crippen molar-refractivity contribution < 1.29 is 8.78 Å². The van der Waals surface area contributed by atoms with Crippen LogP contribution in [0.4, 0.5) is 8.78 Å². The lowest BCUT2D eigenvalue weighted by atomic mass is 9.99. The topological polar surface area (TPSA) is 0 Å². The Balaban J connectivity index is 2.25. The Morgan fingerprint density at radius 2 is 1.61 bits per heavy atom. The molecule has 0 saturated heterocycles. The molecule has 0 aliphatic rings. The maximum absolute atomic E-state index is 12.0. The normalized spacial score (nSPS) is 11.3. The number of benzene rings is 2. The summed E-state index contributed by atoms with van der Waals surface area (Å²) in [5.41, 5.74) is 4.25.